The molecular formula is C25H26N4O4S2. The lowest BCUT2D eigenvalue weighted by Gasteiger charge is -2.20. The monoisotopic (exact) mass is 510 g/mol. The largest absolute Gasteiger partial charge is 0.490 e. The number of carbonyl (C=O) groups excluding carboxylic acids is 1. The summed E-state index contributed by atoms with van der Waals surface area (Å²) in [4.78, 5) is 17.0. The predicted molar refractivity (Wildman–Crippen MR) is 136 cm³/mol. The smallest absolute Gasteiger partial charge is 0.317 e. The average molecular weight is 511 g/mol. The molecule has 1 aromatic heterocycles. The van der Waals surface area contributed by atoms with Gasteiger partial charge in [0.25, 0.3) is 0 Å². The second-order valence-corrected chi connectivity index (χ2v) is 10.2. The van der Waals surface area contributed by atoms with Crippen LogP contribution in [0.25, 0.3) is 21.0 Å². The van der Waals surface area contributed by atoms with E-state index in [9.17, 15) is 15.3 Å². The molecule has 8 nitrogen and oxygen atoms in total. The van der Waals surface area contributed by atoms with Gasteiger partial charge in [0.15, 0.2) is 0 Å². The van der Waals surface area contributed by atoms with Crippen molar-refractivity contribution in [2.45, 2.75) is 38.8 Å². The third-order valence-electron chi connectivity index (χ3n) is 5.55. The van der Waals surface area contributed by atoms with Crippen molar-refractivity contribution in [1.29, 1.82) is 5.26 Å². The summed E-state index contributed by atoms with van der Waals surface area (Å²) in [7, 11) is 1.32. The number of esters is 1. The van der Waals surface area contributed by atoms with Crippen LogP contribution < -0.4 is 10.2 Å². The number of nitrogens with zero attached hydrogens (tertiary/aromatic N) is 3. The Kier molecular flexibility index (Phi) is 8.05. The second-order valence-electron chi connectivity index (χ2n) is 8.24. The Labute approximate surface area is 212 Å². The molecule has 182 valence electrons. The number of thiazole rings is 1. The Balaban J connectivity index is 1.53. The molecule has 0 bridgehead atoms. The summed E-state index contributed by atoms with van der Waals surface area (Å²) in [5, 5.41) is 20.5. The first kappa shape index (κ1) is 25.2. The van der Waals surface area contributed by atoms with Crippen LogP contribution in [0.3, 0.4) is 0 Å². The molecule has 0 spiro atoms. The molecule has 0 saturated heterocycles. The Morgan fingerprint density at radius 3 is 2.97 bits per heavy atom. The molecule has 0 fully saturated rings. The summed E-state index contributed by atoms with van der Waals surface area (Å²) < 4.78 is 11.2. The number of ether oxygens (including phenoxy) is 2. The molecule has 10 heteroatoms. The number of nitriles is 1. The van der Waals surface area contributed by atoms with Gasteiger partial charge in [-0.15, -0.1) is 11.3 Å². The quantitative estimate of drug-likeness (QED) is 0.230. The van der Waals surface area contributed by atoms with E-state index < -0.39 is 5.97 Å². The van der Waals surface area contributed by atoms with Gasteiger partial charge in [-0.2, -0.15) is 5.26 Å². The van der Waals surface area contributed by atoms with Gasteiger partial charge >= 0.3 is 5.97 Å². The lowest BCUT2D eigenvalue weighted by Crippen LogP contribution is -2.33. The van der Waals surface area contributed by atoms with Crippen molar-refractivity contribution in [1.82, 2.24) is 15.0 Å². The van der Waals surface area contributed by atoms with Crippen LogP contribution in [0.5, 0.6) is 5.75 Å². The maximum absolute atomic E-state index is 11.3. The number of benzene rings is 2. The molecule has 0 saturated carbocycles. The normalized spacial score (nSPS) is 14.7. The van der Waals surface area contributed by atoms with Crippen LogP contribution in [-0.2, 0) is 16.0 Å². The lowest BCUT2D eigenvalue weighted by molar-refractivity contribution is -0.137. The first-order chi connectivity index (χ1) is 16.9. The Morgan fingerprint density at radius 1 is 1.40 bits per heavy atom. The van der Waals surface area contributed by atoms with Gasteiger partial charge in [-0.25, -0.2) is 10.4 Å². The fourth-order valence-corrected chi connectivity index (χ4v) is 5.51. The van der Waals surface area contributed by atoms with E-state index in [1.807, 2.05) is 44.3 Å². The number of aromatic nitrogens is 1. The number of rotatable bonds is 9. The Morgan fingerprint density at radius 2 is 2.23 bits per heavy atom. The van der Waals surface area contributed by atoms with Crippen molar-refractivity contribution >= 4 is 29.3 Å². The summed E-state index contributed by atoms with van der Waals surface area (Å²) in [5.41, 5.74) is 7.84. The van der Waals surface area contributed by atoms with Crippen LogP contribution in [0, 0.1) is 11.3 Å². The topological polar surface area (TPSA) is 108 Å². The summed E-state index contributed by atoms with van der Waals surface area (Å²) in [6.45, 7) is 3.86. The number of hydrogen-bond acceptors (Lipinski definition) is 10. The van der Waals surface area contributed by atoms with E-state index >= 15 is 0 Å². The molecule has 1 atom stereocenters. The molecule has 4 rings (SSSR count). The highest BCUT2D eigenvalue weighted by Crippen LogP contribution is 2.41. The summed E-state index contributed by atoms with van der Waals surface area (Å²) >= 11 is 2.52. The van der Waals surface area contributed by atoms with Gasteiger partial charge in [-0.05, 0) is 73.5 Å². The molecule has 35 heavy (non-hydrogen) atoms. The number of carbonyl (C=O) groups is 1. The number of nitrogens with one attached hydrogen (secondary N) is 1. The van der Waals surface area contributed by atoms with Gasteiger partial charge in [-0.1, -0.05) is 22.8 Å². The van der Waals surface area contributed by atoms with Gasteiger partial charge in [0.1, 0.15) is 22.6 Å². The van der Waals surface area contributed by atoms with E-state index in [0.29, 0.717) is 11.3 Å². The van der Waals surface area contributed by atoms with Crippen molar-refractivity contribution in [2.24, 2.45) is 0 Å². The van der Waals surface area contributed by atoms with Crippen molar-refractivity contribution in [3.8, 4) is 32.8 Å². The molecule has 1 heterocycles. The van der Waals surface area contributed by atoms with Crippen molar-refractivity contribution < 1.29 is 19.5 Å². The number of hydrazine groups is 1. The van der Waals surface area contributed by atoms with Gasteiger partial charge < -0.3 is 9.47 Å². The molecule has 2 aromatic carbocycles. The van der Waals surface area contributed by atoms with Crippen LogP contribution in [0.4, 0.5) is 0 Å². The molecule has 1 unspecified atom stereocenters. The minimum atomic E-state index is -0.407. The fourth-order valence-electron chi connectivity index (χ4n) is 4.00. The highest BCUT2D eigenvalue weighted by atomic mass is 32.2. The first-order valence-corrected chi connectivity index (χ1v) is 12.9. The SMILES string of the molecule is COC(=O)CSN(O)NC1CCc2c(-c3cnc(-c4ccc(OC(C)C)c(C#N)c4)s3)cccc21. The fraction of sp³-hybridized carbons (Fsp3) is 0.320. The van der Waals surface area contributed by atoms with Crippen LogP contribution in [0.15, 0.2) is 42.6 Å². The highest BCUT2D eigenvalue weighted by molar-refractivity contribution is 7.97. The third kappa shape index (κ3) is 5.83. The predicted octanol–water partition coefficient (Wildman–Crippen LogP) is 5.14. The average Bonchev–Trinajstić information content (AvgIpc) is 3.50. The standard InChI is InChI=1S/C25H26N4O4S2/c1-15(2)33-22-10-7-16(11-17(22)12-26)25-27-13-23(35-25)20-6-4-5-19-18(20)8-9-21(19)28-29(31)34-14-24(30)32-3/h4-7,10-11,13,15,21,28,31H,8-9,14H2,1-3H3. The molecular weight excluding hydrogens is 484 g/mol. The molecule has 1 aliphatic rings. The second kappa shape index (κ2) is 11.2. The van der Waals surface area contributed by atoms with E-state index in [2.05, 4.69) is 33.3 Å². The lowest BCUT2D eigenvalue weighted by atomic mass is 10.0. The molecule has 1 aliphatic carbocycles. The molecule has 3 aromatic rings. The maximum atomic E-state index is 11.3. The van der Waals surface area contributed by atoms with Crippen molar-refractivity contribution in [3.63, 3.8) is 0 Å². The van der Waals surface area contributed by atoms with Gasteiger partial charge in [0.05, 0.1) is 29.7 Å². The zero-order valence-electron chi connectivity index (χ0n) is 19.6. The third-order valence-corrected chi connectivity index (χ3v) is 7.34. The zero-order chi connectivity index (χ0) is 24.9. The van der Waals surface area contributed by atoms with Crippen molar-refractivity contribution in [3.05, 3.63) is 59.3 Å². The van der Waals surface area contributed by atoms with Crippen LogP contribution in [0.2, 0.25) is 0 Å². The van der Waals surface area contributed by atoms with Crippen LogP contribution in [0.1, 0.15) is 43.0 Å². The van der Waals surface area contributed by atoms with E-state index in [0.717, 1.165) is 55.9 Å². The zero-order valence-corrected chi connectivity index (χ0v) is 21.3. The summed E-state index contributed by atoms with van der Waals surface area (Å²) in [6, 6.07) is 13.9. The number of fused-ring (bicyclic) bond motifs is 1. The van der Waals surface area contributed by atoms with E-state index in [4.69, 9.17) is 4.74 Å². The highest BCUT2D eigenvalue weighted by Gasteiger charge is 2.27. The summed E-state index contributed by atoms with van der Waals surface area (Å²) in [6.07, 6.45) is 3.52. The van der Waals surface area contributed by atoms with Gasteiger partial charge in [0, 0.05) is 11.8 Å². The number of hydrogen-bond donors (Lipinski definition) is 2. The molecule has 0 radical (unpaired) electrons. The van der Waals surface area contributed by atoms with Crippen LogP contribution in [-0.4, -0.2) is 39.7 Å². The maximum Gasteiger partial charge on any atom is 0.317 e. The molecule has 2 N–H and O–H groups in total. The Bertz CT molecular complexity index is 1250. The van der Waals surface area contributed by atoms with Gasteiger partial charge in [0.2, 0.25) is 0 Å². The minimum absolute atomic E-state index is 0.0118. The van der Waals surface area contributed by atoms with Crippen molar-refractivity contribution in [2.75, 3.05) is 12.9 Å². The van der Waals surface area contributed by atoms with Gasteiger partial charge in [-0.3, -0.25) is 10.0 Å². The molecule has 0 aliphatic heterocycles. The van der Waals surface area contributed by atoms with Crippen LogP contribution >= 0.6 is 23.3 Å². The van der Waals surface area contributed by atoms with E-state index in [-0.39, 0.29) is 17.9 Å². The Hall–Kier alpha value is -2.94. The van der Waals surface area contributed by atoms with E-state index in [1.54, 1.807) is 11.3 Å². The first-order valence-electron chi connectivity index (χ1n) is 11.1. The summed E-state index contributed by atoms with van der Waals surface area (Å²) in [5.74, 6) is 0.182. The molecule has 0 amide bonds. The van der Waals surface area contributed by atoms with E-state index in [1.165, 1.54) is 12.7 Å². The minimum Gasteiger partial charge on any atom is -0.490 e. The number of methoxy groups -OCH3 is 1.